The van der Waals surface area contributed by atoms with Gasteiger partial charge in [0.25, 0.3) is 0 Å². The van der Waals surface area contributed by atoms with Crippen molar-refractivity contribution in [2.45, 2.75) is 0 Å². The summed E-state index contributed by atoms with van der Waals surface area (Å²) in [6, 6.07) is 7.69. The lowest BCUT2D eigenvalue weighted by atomic mass is 10.2. The number of benzene rings is 1. The molecule has 0 spiro atoms. The van der Waals surface area contributed by atoms with E-state index in [4.69, 9.17) is 10.5 Å². The van der Waals surface area contributed by atoms with Crippen molar-refractivity contribution in [2.24, 2.45) is 0 Å². The van der Waals surface area contributed by atoms with Crippen molar-refractivity contribution < 1.29 is 4.74 Å². The minimum atomic E-state index is 0.200. The number of aromatic nitrogens is 4. The molecule has 0 aliphatic heterocycles. The van der Waals surface area contributed by atoms with Gasteiger partial charge in [-0.1, -0.05) is 6.07 Å². The molecular weight excluding hydrogens is 256 g/mol. The summed E-state index contributed by atoms with van der Waals surface area (Å²) >= 11 is 0. The van der Waals surface area contributed by atoms with Crippen LogP contribution >= 0.6 is 0 Å². The fraction of sp³-hybridized carbons (Fsp3) is 0.154. The fourth-order valence-electron chi connectivity index (χ4n) is 2.03. The zero-order valence-corrected chi connectivity index (χ0v) is 11.2. The first-order chi connectivity index (χ1) is 9.69. The Balaban J connectivity index is 2.11. The molecule has 2 heterocycles. The Hall–Kier alpha value is -2.83. The van der Waals surface area contributed by atoms with Crippen molar-refractivity contribution in [2.75, 3.05) is 24.8 Å². The van der Waals surface area contributed by atoms with Gasteiger partial charge >= 0.3 is 0 Å². The van der Waals surface area contributed by atoms with Gasteiger partial charge in [-0.2, -0.15) is 15.1 Å². The van der Waals surface area contributed by atoms with Crippen LogP contribution in [-0.2, 0) is 0 Å². The molecule has 0 fully saturated rings. The van der Waals surface area contributed by atoms with E-state index in [1.54, 1.807) is 13.3 Å². The zero-order chi connectivity index (χ0) is 14.1. The van der Waals surface area contributed by atoms with Crippen LogP contribution in [-0.4, -0.2) is 34.3 Å². The third kappa shape index (κ3) is 1.99. The van der Waals surface area contributed by atoms with Crippen LogP contribution in [0, 0.1) is 0 Å². The van der Waals surface area contributed by atoms with Gasteiger partial charge in [0, 0.05) is 18.8 Å². The number of methoxy groups -OCH3 is 1. The number of fused-ring (bicyclic) bond motifs is 1. The molecule has 0 unspecified atom stereocenters. The number of nitrogens with zero attached hydrogens (tertiary/aromatic N) is 4. The van der Waals surface area contributed by atoms with Gasteiger partial charge in [0.15, 0.2) is 5.65 Å². The summed E-state index contributed by atoms with van der Waals surface area (Å²) in [7, 11) is 3.54. The summed E-state index contributed by atoms with van der Waals surface area (Å²) in [6.45, 7) is 0. The molecule has 0 atom stereocenters. The molecule has 7 nitrogen and oxygen atoms in total. The van der Waals surface area contributed by atoms with Gasteiger partial charge in [-0.05, 0) is 12.1 Å². The number of ether oxygens (including phenoxy) is 1. The Morgan fingerprint density at radius 1 is 1.30 bits per heavy atom. The first kappa shape index (κ1) is 12.2. The lowest BCUT2D eigenvalue weighted by Crippen LogP contribution is -2.13. The van der Waals surface area contributed by atoms with Crippen molar-refractivity contribution in [3.63, 3.8) is 0 Å². The van der Waals surface area contributed by atoms with E-state index in [0.717, 1.165) is 16.8 Å². The van der Waals surface area contributed by atoms with Crippen LogP contribution in [0.4, 0.5) is 17.5 Å². The molecule has 1 aromatic carbocycles. The molecule has 0 radical (unpaired) electrons. The Labute approximate surface area is 115 Å². The topological polar surface area (TPSA) is 93.0 Å². The number of H-pyrrole nitrogens is 1. The van der Waals surface area contributed by atoms with E-state index < -0.39 is 0 Å². The quantitative estimate of drug-likeness (QED) is 0.752. The van der Waals surface area contributed by atoms with E-state index in [9.17, 15) is 0 Å². The van der Waals surface area contributed by atoms with Crippen LogP contribution in [0.5, 0.6) is 5.75 Å². The van der Waals surface area contributed by atoms with Gasteiger partial charge in [0.1, 0.15) is 11.6 Å². The summed E-state index contributed by atoms with van der Waals surface area (Å²) in [4.78, 5) is 10.3. The summed E-state index contributed by atoms with van der Waals surface area (Å²) in [5.74, 6) is 1.67. The number of aromatic amines is 1. The number of rotatable bonds is 3. The predicted molar refractivity (Wildman–Crippen MR) is 77.2 cm³/mol. The minimum absolute atomic E-state index is 0.200. The molecule has 102 valence electrons. The van der Waals surface area contributed by atoms with Crippen LogP contribution < -0.4 is 15.4 Å². The van der Waals surface area contributed by atoms with Crippen molar-refractivity contribution in [1.82, 2.24) is 20.2 Å². The molecule has 0 saturated heterocycles. The second kappa shape index (κ2) is 4.69. The molecule has 3 N–H and O–H groups in total. The van der Waals surface area contributed by atoms with Crippen molar-refractivity contribution in [3.8, 4) is 5.75 Å². The number of nitrogens with two attached hydrogens (primary N) is 1. The lowest BCUT2D eigenvalue weighted by molar-refractivity contribution is 0.415. The van der Waals surface area contributed by atoms with Crippen molar-refractivity contribution >= 4 is 28.5 Å². The molecule has 0 amide bonds. The monoisotopic (exact) mass is 270 g/mol. The highest BCUT2D eigenvalue weighted by molar-refractivity contribution is 5.89. The van der Waals surface area contributed by atoms with Crippen LogP contribution in [0.1, 0.15) is 0 Å². The predicted octanol–water partition coefficient (Wildman–Crippen LogP) is 1.71. The molecule has 0 aliphatic rings. The van der Waals surface area contributed by atoms with Gasteiger partial charge in [-0.15, -0.1) is 0 Å². The third-order valence-corrected chi connectivity index (χ3v) is 3.07. The number of anilines is 3. The Kier molecular flexibility index (Phi) is 2.86. The number of hydrogen-bond acceptors (Lipinski definition) is 6. The summed E-state index contributed by atoms with van der Waals surface area (Å²) in [5, 5.41) is 7.59. The lowest BCUT2D eigenvalue weighted by Gasteiger charge is -2.19. The van der Waals surface area contributed by atoms with Crippen LogP contribution in [0.3, 0.4) is 0 Å². The molecule has 0 bridgehead atoms. The molecule has 20 heavy (non-hydrogen) atoms. The first-order valence-corrected chi connectivity index (χ1v) is 6.03. The van der Waals surface area contributed by atoms with Gasteiger partial charge in [-0.25, -0.2) is 0 Å². The maximum absolute atomic E-state index is 5.73. The first-order valence-electron chi connectivity index (χ1n) is 6.03. The summed E-state index contributed by atoms with van der Waals surface area (Å²) in [6.07, 6.45) is 1.68. The summed E-state index contributed by atoms with van der Waals surface area (Å²) < 4.78 is 5.23. The molecule has 3 rings (SSSR count). The zero-order valence-electron chi connectivity index (χ0n) is 11.2. The smallest absolute Gasteiger partial charge is 0.224 e. The van der Waals surface area contributed by atoms with Crippen LogP contribution in [0.15, 0.2) is 30.5 Å². The SMILES string of the molecule is COc1cccc(N(C)c2nc(N)nc3[nH]ncc23)c1. The Morgan fingerprint density at radius 2 is 2.15 bits per heavy atom. The fourth-order valence-corrected chi connectivity index (χ4v) is 2.03. The molecule has 7 heteroatoms. The van der Waals surface area contributed by atoms with Crippen LogP contribution in [0.25, 0.3) is 11.0 Å². The largest absolute Gasteiger partial charge is 0.497 e. The standard InChI is InChI=1S/C13H14N6O/c1-19(8-4-3-5-9(6-8)20-2)12-10-7-15-18-11(10)16-13(14)17-12/h3-7H,1-2H3,(H3,14,15,16,17,18). The van der Waals surface area contributed by atoms with E-state index in [1.165, 1.54) is 0 Å². The molecular formula is C13H14N6O. The van der Waals surface area contributed by atoms with Crippen molar-refractivity contribution in [3.05, 3.63) is 30.5 Å². The highest BCUT2D eigenvalue weighted by Gasteiger charge is 2.14. The number of hydrogen-bond donors (Lipinski definition) is 2. The molecule has 3 aromatic rings. The second-order valence-electron chi connectivity index (χ2n) is 4.30. The van der Waals surface area contributed by atoms with Gasteiger partial charge in [0.05, 0.1) is 18.7 Å². The molecule has 0 aliphatic carbocycles. The maximum atomic E-state index is 5.73. The molecule has 0 saturated carbocycles. The third-order valence-electron chi connectivity index (χ3n) is 3.07. The van der Waals surface area contributed by atoms with Gasteiger partial charge in [0.2, 0.25) is 5.95 Å². The van der Waals surface area contributed by atoms with Crippen molar-refractivity contribution in [1.29, 1.82) is 0 Å². The minimum Gasteiger partial charge on any atom is -0.497 e. The molecule has 2 aromatic heterocycles. The Bertz CT molecular complexity index is 753. The van der Waals surface area contributed by atoms with Crippen LogP contribution in [0.2, 0.25) is 0 Å². The number of nitrogens with one attached hydrogen (secondary N) is 1. The van der Waals surface area contributed by atoms with E-state index in [-0.39, 0.29) is 5.95 Å². The Morgan fingerprint density at radius 3 is 2.95 bits per heavy atom. The van der Waals surface area contributed by atoms with Gasteiger partial charge < -0.3 is 15.4 Å². The average molecular weight is 270 g/mol. The van der Waals surface area contributed by atoms with E-state index in [2.05, 4.69) is 20.2 Å². The maximum Gasteiger partial charge on any atom is 0.224 e. The normalized spacial score (nSPS) is 10.7. The van der Waals surface area contributed by atoms with E-state index in [1.807, 2.05) is 36.2 Å². The van der Waals surface area contributed by atoms with E-state index in [0.29, 0.717) is 11.5 Å². The average Bonchev–Trinajstić information content (AvgIpc) is 2.93. The number of nitrogen functional groups attached to an aromatic ring is 1. The summed E-state index contributed by atoms with van der Waals surface area (Å²) in [5.41, 5.74) is 7.28. The second-order valence-corrected chi connectivity index (χ2v) is 4.30. The highest BCUT2D eigenvalue weighted by Crippen LogP contribution is 2.30. The van der Waals surface area contributed by atoms with E-state index >= 15 is 0 Å². The highest BCUT2D eigenvalue weighted by atomic mass is 16.5. The van der Waals surface area contributed by atoms with Gasteiger partial charge in [-0.3, -0.25) is 5.10 Å².